The quantitative estimate of drug-likeness (QED) is 0.272. The molecule has 3 rings (SSSR count). The van der Waals surface area contributed by atoms with Crippen LogP contribution in [0.5, 0.6) is 17.2 Å². The van der Waals surface area contributed by atoms with Crippen molar-refractivity contribution in [2.75, 3.05) is 39.9 Å². The molecule has 0 radical (unpaired) electrons. The second-order valence-electron chi connectivity index (χ2n) is 8.74. The number of phenols is 1. The molecule has 1 aliphatic rings. The molecule has 1 heterocycles. The molecule has 0 aliphatic carbocycles. The standard InChI is InChI=1S/C28H36N2O6/c1-6-29(7-2)14-9-15-30-25(19-11-13-22(36-8-3)23(17-19)35-5)24(27(33)28(30)34)26(32)20-16-18(4)10-12-21(20)31/h10-13,16-17,25,31-32H,6-9,14-15H2,1-5H3/t25-/m0/s1. The minimum Gasteiger partial charge on any atom is -0.507 e. The topological polar surface area (TPSA) is 99.5 Å². The van der Waals surface area contributed by atoms with E-state index in [1.54, 1.807) is 30.3 Å². The van der Waals surface area contributed by atoms with Crippen molar-refractivity contribution in [1.82, 2.24) is 9.80 Å². The molecule has 194 valence electrons. The molecule has 1 aliphatic heterocycles. The van der Waals surface area contributed by atoms with Gasteiger partial charge in [-0.25, -0.2) is 0 Å². The number of likely N-dealkylation sites (tertiary alicyclic amines) is 1. The first-order chi connectivity index (χ1) is 17.3. The molecular formula is C28H36N2O6. The van der Waals surface area contributed by atoms with Gasteiger partial charge in [-0.2, -0.15) is 0 Å². The molecule has 1 fully saturated rings. The van der Waals surface area contributed by atoms with E-state index in [0.717, 1.165) is 25.2 Å². The Morgan fingerprint density at radius 2 is 1.78 bits per heavy atom. The summed E-state index contributed by atoms with van der Waals surface area (Å²) in [5.74, 6) is -1.04. The Morgan fingerprint density at radius 3 is 2.42 bits per heavy atom. The van der Waals surface area contributed by atoms with Gasteiger partial charge in [0.1, 0.15) is 11.5 Å². The van der Waals surface area contributed by atoms with Crippen LogP contribution in [-0.4, -0.2) is 71.6 Å². The molecule has 2 aromatic carbocycles. The number of aromatic hydroxyl groups is 1. The minimum absolute atomic E-state index is 0.0602. The van der Waals surface area contributed by atoms with Crippen molar-refractivity contribution >= 4 is 17.4 Å². The summed E-state index contributed by atoms with van der Waals surface area (Å²) < 4.78 is 11.1. The molecule has 2 N–H and O–H groups in total. The molecule has 0 aromatic heterocycles. The van der Waals surface area contributed by atoms with Crippen molar-refractivity contribution in [2.24, 2.45) is 0 Å². The number of nitrogens with zero attached hydrogens (tertiary/aromatic N) is 2. The number of hydrogen-bond donors (Lipinski definition) is 2. The monoisotopic (exact) mass is 496 g/mol. The van der Waals surface area contributed by atoms with Gasteiger partial charge >= 0.3 is 0 Å². The van der Waals surface area contributed by atoms with Crippen LogP contribution in [0.3, 0.4) is 0 Å². The van der Waals surface area contributed by atoms with Gasteiger partial charge in [0.05, 0.1) is 30.9 Å². The van der Waals surface area contributed by atoms with E-state index in [2.05, 4.69) is 18.7 Å². The number of benzene rings is 2. The van der Waals surface area contributed by atoms with Gasteiger partial charge in [0, 0.05) is 6.54 Å². The molecule has 8 nitrogen and oxygen atoms in total. The highest BCUT2D eigenvalue weighted by molar-refractivity contribution is 6.46. The van der Waals surface area contributed by atoms with Crippen molar-refractivity contribution in [2.45, 2.75) is 40.2 Å². The summed E-state index contributed by atoms with van der Waals surface area (Å²) in [6.07, 6.45) is 0.662. The summed E-state index contributed by atoms with van der Waals surface area (Å²) in [7, 11) is 1.52. The van der Waals surface area contributed by atoms with Crippen LogP contribution >= 0.6 is 0 Å². The largest absolute Gasteiger partial charge is 0.507 e. The Kier molecular flexibility index (Phi) is 8.98. The van der Waals surface area contributed by atoms with Crippen LogP contribution in [0, 0.1) is 6.92 Å². The van der Waals surface area contributed by atoms with E-state index < -0.39 is 23.5 Å². The lowest BCUT2D eigenvalue weighted by Crippen LogP contribution is -2.33. The van der Waals surface area contributed by atoms with Gasteiger partial charge in [-0.05, 0) is 69.7 Å². The number of aryl methyl sites for hydroxylation is 1. The second kappa shape index (κ2) is 11.9. The van der Waals surface area contributed by atoms with E-state index in [0.29, 0.717) is 36.6 Å². The summed E-state index contributed by atoms with van der Waals surface area (Å²) in [6, 6.07) is 9.14. The van der Waals surface area contributed by atoms with E-state index in [-0.39, 0.29) is 16.9 Å². The van der Waals surface area contributed by atoms with Crippen LogP contribution in [0.1, 0.15) is 49.9 Å². The Hall–Kier alpha value is -3.52. The van der Waals surface area contributed by atoms with Crippen LogP contribution in [0.15, 0.2) is 42.0 Å². The van der Waals surface area contributed by atoms with Crippen LogP contribution in [0.25, 0.3) is 5.76 Å². The number of aliphatic hydroxyl groups is 1. The number of phenolic OH excluding ortho intramolecular Hbond substituents is 1. The lowest BCUT2D eigenvalue weighted by atomic mass is 9.94. The molecule has 1 amide bonds. The Balaban J connectivity index is 2.13. The maximum Gasteiger partial charge on any atom is 0.295 e. The van der Waals surface area contributed by atoms with Crippen LogP contribution in [0.4, 0.5) is 0 Å². The zero-order valence-electron chi connectivity index (χ0n) is 21.7. The predicted octanol–water partition coefficient (Wildman–Crippen LogP) is 4.26. The molecule has 36 heavy (non-hydrogen) atoms. The van der Waals surface area contributed by atoms with Gasteiger partial charge in [-0.1, -0.05) is 31.5 Å². The van der Waals surface area contributed by atoms with Crippen LogP contribution < -0.4 is 9.47 Å². The number of amides is 1. The SMILES string of the molecule is CCOc1ccc([C@H]2C(=C(O)c3cc(C)ccc3O)C(=O)C(=O)N2CCCN(CC)CC)cc1OC. The average molecular weight is 497 g/mol. The van der Waals surface area contributed by atoms with E-state index in [1.165, 1.54) is 18.1 Å². The van der Waals surface area contributed by atoms with E-state index in [4.69, 9.17) is 9.47 Å². The zero-order chi connectivity index (χ0) is 26.4. The molecule has 8 heteroatoms. The summed E-state index contributed by atoms with van der Waals surface area (Å²) in [5, 5.41) is 21.7. The van der Waals surface area contributed by atoms with Crippen molar-refractivity contribution < 1.29 is 29.3 Å². The molecule has 1 atom stereocenters. The zero-order valence-corrected chi connectivity index (χ0v) is 21.7. The molecule has 0 spiro atoms. The van der Waals surface area contributed by atoms with E-state index in [9.17, 15) is 19.8 Å². The Bertz CT molecular complexity index is 1140. The number of aliphatic hydroxyl groups excluding tert-OH is 1. The second-order valence-corrected chi connectivity index (χ2v) is 8.74. The van der Waals surface area contributed by atoms with Gasteiger partial charge in [0.2, 0.25) is 0 Å². The number of carbonyl (C=O) groups excluding carboxylic acids is 2. The van der Waals surface area contributed by atoms with Gasteiger partial charge in [-0.3, -0.25) is 9.59 Å². The van der Waals surface area contributed by atoms with Gasteiger partial charge < -0.3 is 29.5 Å². The summed E-state index contributed by atoms with van der Waals surface area (Å²) in [6.45, 7) is 11.2. The third-order valence-electron chi connectivity index (χ3n) is 6.52. The predicted molar refractivity (Wildman–Crippen MR) is 138 cm³/mol. The maximum atomic E-state index is 13.3. The molecule has 0 unspecified atom stereocenters. The molecule has 1 saturated heterocycles. The summed E-state index contributed by atoms with van der Waals surface area (Å²) in [5.41, 5.74) is 1.45. The third kappa shape index (κ3) is 5.49. The van der Waals surface area contributed by atoms with Crippen molar-refractivity contribution in [1.29, 1.82) is 0 Å². The lowest BCUT2D eigenvalue weighted by molar-refractivity contribution is -0.140. The van der Waals surface area contributed by atoms with E-state index in [1.807, 2.05) is 13.8 Å². The first kappa shape index (κ1) is 27.1. The Morgan fingerprint density at radius 1 is 1.06 bits per heavy atom. The van der Waals surface area contributed by atoms with Crippen LogP contribution in [0.2, 0.25) is 0 Å². The number of ether oxygens (including phenoxy) is 2. The highest BCUT2D eigenvalue weighted by Crippen LogP contribution is 2.43. The Labute approximate surface area is 212 Å². The fraction of sp³-hybridized carbons (Fsp3) is 0.429. The number of ketones is 1. The number of hydrogen-bond acceptors (Lipinski definition) is 7. The number of methoxy groups -OCH3 is 1. The summed E-state index contributed by atoms with van der Waals surface area (Å²) in [4.78, 5) is 30.3. The molecular weight excluding hydrogens is 460 g/mol. The van der Waals surface area contributed by atoms with Gasteiger partial charge in [0.15, 0.2) is 11.5 Å². The van der Waals surface area contributed by atoms with Gasteiger partial charge in [-0.15, -0.1) is 0 Å². The smallest absolute Gasteiger partial charge is 0.295 e. The first-order valence-electron chi connectivity index (χ1n) is 12.4. The molecule has 0 bridgehead atoms. The number of carbonyl (C=O) groups is 2. The normalized spacial score (nSPS) is 17.2. The number of rotatable bonds is 11. The van der Waals surface area contributed by atoms with E-state index >= 15 is 0 Å². The van der Waals surface area contributed by atoms with Crippen molar-refractivity contribution in [3.8, 4) is 17.2 Å². The molecule has 2 aromatic rings. The van der Waals surface area contributed by atoms with Crippen molar-refractivity contribution in [3.63, 3.8) is 0 Å². The summed E-state index contributed by atoms with van der Waals surface area (Å²) >= 11 is 0. The lowest BCUT2D eigenvalue weighted by Gasteiger charge is -2.27. The third-order valence-corrected chi connectivity index (χ3v) is 6.52. The average Bonchev–Trinajstić information content (AvgIpc) is 3.13. The fourth-order valence-corrected chi connectivity index (χ4v) is 4.58. The highest BCUT2D eigenvalue weighted by atomic mass is 16.5. The minimum atomic E-state index is -0.841. The van der Waals surface area contributed by atoms with Crippen LogP contribution in [-0.2, 0) is 9.59 Å². The van der Waals surface area contributed by atoms with Crippen molar-refractivity contribution in [3.05, 3.63) is 58.7 Å². The van der Waals surface area contributed by atoms with Gasteiger partial charge in [0.25, 0.3) is 11.7 Å². The fourth-order valence-electron chi connectivity index (χ4n) is 4.58. The molecule has 0 saturated carbocycles. The maximum absolute atomic E-state index is 13.3. The number of Topliss-reactive ketones (excluding diaryl/α,β-unsaturated/α-hetero) is 1. The first-order valence-corrected chi connectivity index (χ1v) is 12.4. The highest BCUT2D eigenvalue weighted by Gasteiger charge is 2.46.